The average molecular weight is 276 g/mol. The highest BCUT2D eigenvalue weighted by Crippen LogP contribution is 2.29. The van der Waals surface area contributed by atoms with E-state index in [9.17, 15) is 0 Å². The molecule has 1 heteroatoms. The van der Waals surface area contributed by atoms with Crippen LogP contribution < -0.4 is 5.30 Å². The van der Waals surface area contributed by atoms with Gasteiger partial charge in [0.1, 0.15) is 0 Å². The molecule has 1 fully saturated rings. The van der Waals surface area contributed by atoms with Gasteiger partial charge in [-0.2, -0.15) is 0 Å². The summed E-state index contributed by atoms with van der Waals surface area (Å²) in [5.74, 6) is 0. The Balaban J connectivity index is 1.85. The summed E-state index contributed by atoms with van der Waals surface area (Å²) in [5.41, 5.74) is 2.34. The molecule has 1 atom stereocenters. The van der Waals surface area contributed by atoms with Crippen molar-refractivity contribution in [3.8, 4) is 0 Å². The van der Waals surface area contributed by atoms with Gasteiger partial charge in [-0.3, -0.25) is 0 Å². The van der Waals surface area contributed by atoms with E-state index in [4.69, 9.17) is 0 Å². The normalized spacial score (nSPS) is 20.5. The average Bonchev–Trinajstić information content (AvgIpc) is 2.47. The Hall–Kier alpha value is -0.350. The molecule has 0 saturated heterocycles. The Morgan fingerprint density at radius 3 is 1.74 bits per heavy atom. The van der Waals surface area contributed by atoms with Gasteiger partial charge in [0.25, 0.3) is 0 Å². The van der Waals surface area contributed by atoms with Crippen molar-refractivity contribution in [2.45, 2.75) is 76.8 Å². The van der Waals surface area contributed by atoms with Crippen LogP contribution in [-0.4, -0.2) is 5.66 Å². The largest absolute Gasteiger partial charge is 0.0872 e. The van der Waals surface area contributed by atoms with E-state index >= 15 is 0 Å². The lowest BCUT2D eigenvalue weighted by Crippen LogP contribution is -2.07. The third kappa shape index (κ3) is 6.09. The number of hydrogen-bond acceptors (Lipinski definition) is 0. The summed E-state index contributed by atoms with van der Waals surface area (Å²) in [4.78, 5) is 0. The van der Waals surface area contributed by atoms with E-state index < -0.39 is 0 Å². The van der Waals surface area contributed by atoms with Crippen molar-refractivity contribution in [3.63, 3.8) is 0 Å². The van der Waals surface area contributed by atoms with Gasteiger partial charge in [0, 0.05) is 0 Å². The zero-order chi connectivity index (χ0) is 13.3. The first-order valence-electron chi connectivity index (χ1n) is 8.18. The monoisotopic (exact) mass is 276 g/mol. The minimum atomic E-state index is 0.959. The van der Waals surface area contributed by atoms with E-state index in [0.717, 1.165) is 14.2 Å². The molecule has 106 valence electrons. The van der Waals surface area contributed by atoms with Gasteiger partial charge in [-0.25, -0.2) is 0 Å². The Bertz CT molecular complexity index is 329. The second-order valence-electron chi connectivity index (χ2n) is 6.11. The molecule has 19 heavy (non-hydrogen) atoms. The van der Waals surface area contributed by atoms with Crippen molar-refractivity contribution in [2.24, 2.45) is 0 Å². The highest BCUT2D eigenvalue weighted by Gasteiger charge is 2.10. The van der Waals surface area contributed by atoms with Crippen LogP contribution in [0.4, 0.5) is 0 Å². The SMILES string of the molecule is Cc1ccc(PC2CCCCCCCCCC2)cc1. The molecule has 1 aliphatic carbocycles. The third-order valence-electron chi connectivity index (χ3n) is 4.28. The second kappa shape index (κ2) is 8.75. The fourth-order valence-electron chi connectivity index (χ4n) is 3.02. The summed E-state index contributed by atoms with van der Waals surface area (Å²) >= 11 is 0. The number of aryl methyl sites for hydroxylation is 1. The first-order chi connectivity index (χ1) is 9.34. The molecule has 1 aromatic carbocycles. The topological polar surface area (TPSA) is 0 Å². The van der Waals surface area contributed by atoms with E-state index in [1.54, 1.807) is 5.30 Å². The summed E-state index contributed by atoms with van der Waals surface area (Å²) in [6.45, 7) is 2.18. The van der Waals surface area contributed by atoms with Crippen LogP contribution in [0, 0.1) is 6.92 Å². The Kier molecular flexibility index (Phi) is 6.93. The standard InChI is InChI=1S/C18H29P/c1-16-12-14-18(15-13-16)19-17-10-8-6-4-2-3-5-7-9-11-17/h12-15,17,19H,2-11H2,1H3. The quantitative estimate of drug-likeness (QED) is 0.618. The molecule has 0 bridgehead atoms. The van der Waals surface area contributed by atoms with E-state index in [0.29, 0.717) is 0 Å². The maximum atomic E-state index is 2.35. The van der Waals surface area contributed by atoms with Gasteiger partial charge in [-0.05, 0) is 30.7 Å². The van der Waals surface area contributed by atoms with Crippen LogP contribution in [0.15, 0.2) is 24.3 Å². The molecule has 0 heterocycles. The van der Waals surface area contributed by atoms with Gasteiger partial charge in [-0.1, -0.05) is 89.8 Å². The minimum absolute atomic E-state index is 0.959. The Morgan fingerprint density at radius 2 is 1.21 bits per heavy atom. The van der Waals surface area contributed by atoms with Gasteiger partial charge in [0.2, 0.25) is 0 Å². The maximum Gasteiger partial charge on any atom is -0.0196 e. The number of hydrogen-bond donors (Lipinski definition) is 0. The van der Waals surface area contributed by atoms with Crippen molar-refractivity contribution >= 4 is 13.9 Å². The molecule has 0 spiro atoms. The van der Waals surface area contributed by atoms with E-state index in [1.807, 2.05) is 0 Å². The van der Waals surface area contributed by atoms with E-state index in [1.165, 1.54) is 69.8 Å². The highest BCUT2D eigenvalue weighted by molar-refractivity contribution is 7.48. The molecule has 1 saturated carbocycles. The fraction of sp³-hybridized carbons (Fsp3) is 0.667. The summed E-state index contributed by atoms with van der Waals surface area (Å²) in [6, 6.07) is 9.23. The molecule has 1 aliphatic rings. The van der Waals surface area contributed by atoms with Gasteiger partial charge in [0.05, 0.1) is 0 Å². The third-order valence-corrected chi connectivity index (χ3v) is 5.93. The van der Waals surface area contributed by atoms with Crippen LogP contribution in [0.5, 0.6) is 0 Å². The lowest BCUT2D eigenvalue weighted by atomic mass is 10.1. The zero-order valence-corrected chi connectivity index (χ0v) is 13.5. The molecule has 1 aromatic rings. The van der Waals surface area contributed by atoms with Crippen LogP contribution in [0.2, 0.25) is 0 Å². The minimum Gasteiger partial charge on any atom is -0.0872 e. The molecule has 1 unspecified atom stereocenters. The molecular weight excluding hydrogens is 247 g/mol. The predicted octanol–water partition coefficient (Wildman–Crippen LogP) is 5.58. The van der Waals surface area contributed by atoms with Gasteiger partial charge in [0.15, 0.2) is 0 Å². The predicted molar refractivity (Wildman–Crippen MR) is 89.1 cm³/mol. The van der Waals surface area contributed by atoms with Gasteiger partial charge in [-0.15, -0.1) is 0 Å². The van der Waals surface area contributed by atoms with Crippen LogP contribution in [0.3, 0.4) is 0 Å². The maximum absolute atomic E-state index is 2.35. The molecule has 0 aliphatic heterocycles. The van der Waals surface area contributed by atoms with Crippen molar-refractivity contribution in [2.75, 3.05) is 0 Å². The highest BCUT2D eigenvalue weighted by atomic mass is 31.1. The molecular formula is C18H29P. The molecule has 0 radical (unpaired) electrons. The summed E-state index contributed by atoms with van der Waals surface area (Å²) in [6.07, 6.45) is 14.7. The molecule has 0 amide bonds. The summed E-state index contributed by atoms with van der Waals surface area (Å²) in [5, 5.41) is 1.57. The summed E-state index contributed by atoms with van der Waals surface area (Å²) in [7, 11) is 1.03. The van der Waals surface area contributed by atoms with Crippen molar-refractivity contribution in [3.05, 3.63) is 29.8 Å². The lowest BCUT2D eigenvalue weighted by molar-refractivity contribution is 0.585. The Morgan fingerprint density at radius 1 is 0.737 bits per heavy atom. The van der Waals surface area contributed by atoms with Crippen LogP contribution >= 0.6 is 8.58 Å². The smallest absolute Gasteiger partial charge is 0.0196 e. The second-order valence-corrected chi connectivity index (χ2v) is 7.80. The van der Waals surface area contributed by atoms with Crippen molar-refractivity contribution < 1.29 is 0 Å². The number of benzene rings is 1. The van der Waals surface area contributed by atoms with Crippen LogP contribution in [0.1, 0.15) is 69.8 Å². The van der Waals surface area contributed by atoms with Crippen molar-refractivity contribution in [1.82, 2.24) is 0 Å². The molecule has 0 aromatic heterocycles. The summed E-state index contributed by atoms with van der Waals surface area (Å²) < 4.78 is 0. The van der Waals surface area contributed by atoms with Gasteiger partial charge >= 0.3 is 0 Å². The molecule has 2 rings (SSSR count). The van der Waals surface area contributed by atoms with E-state index in [-0.39, 0.29) is 0 Å². The van der Waals surface area contributed by atoms with E-state index in [2.05, 4.69) is 31.2 Å². The molecule has 0 nitrogen and oxygen atoms in total. The zero-order valence-electron chi connectivity index (χ0n) is 12.5. The fourth-order valence-corrected chi connectivity index (χ4v) is 4.54. The Labute approximate surface area is 121 Å². The lowest BCUT2D eigenvalue weighted by Gasteiger charge is -2.17. The van der Waals surface area contributed by atoms with Crippen LogP contribution in [0.25, 0.3) is 0 Å². The number of rotatable bonds is 2. The molecule has 0 N–H and O–H groups in total. The van der Waals surface area contributed by atoms with Gasteiger partial charge < -0.3 is 0 Å². The first-order valence-corrected chi connectivity index (χ1v) is 9.25. The van der Waals surface area contributed by atoms with Crippen LogP contribution in [-0.2, 0) is 0 Å². The van der Waals surface area contributed by atoms with Crippen molar-refractivity contribution in [1.29, 1.82) is 0 Å². The first kappa shape index (κ1) is 15.0.